The second kappa shape index (κ2) is 3.05. The summed E-state index contributed by atoms with van der Waals surface area (Å²) in [6, 6.07) is 3.59. The van der Waals surface area contributed by atoms with Gasteiger partial charge in [0.25, 0.3) is 5.69 Å². The maximum absolute atomic E-state index is 10.2. The largest absolute Gasteiger partial charge is 0.505 e. The number of non-ortho nitro benzene ring substituents is 1. The zero-order valence-corrected chi connectivity index (χ0v) is 6.02. The maximum Gasteiger partial charge on any atom is 0.273 e. The first-order valence-electron chi connectivity index (χ1n) is 3.09. The molecule has 0 radical (unpaired) electrons. The van der Waals surface area contributed by atoms with Gasteiger partial charge in [0.2, 0.25) is 0 Å². The maximum atomic E-state index is 10.2. The van der Waals surface area contributed by atoms with Gasteiger partial charge < -0.3 is 10.5 Å². The van der Waals surface area contributed by atoms with Crippen molar-refractivity contribution in [3.63, 3.8) is 0 Å². The fourth-order valence-electron chi connectivity index (χ4n) is 0.756. The van der Waals surface area contributed by atoms with Gasteiger partial charge in [0.05, 0.1) is 16.7 Å². The molecule has 0 aliphatic carbocycles. The highest BCUT2D eigenvalue weighted by atomic mass is 16.6. The van der Waals surface area contributed by atoms with Crippen molar-refractivity contribution in [1.82, 2.24) is 0 Å². The lowest BCUT2D eigenvalue weighted by Crippen LogP contribution is -2.06. The molecule has 64 valence electrons. The summed E-state index contributed by atoms with van der Waals surface area (Å²) in [5, 5.41) is 19.3. The van der Waals surface area contributed by atoms with Crippen LogP contribution in [0, 0.1) is 10.1 Å². The smallest absolute Gasteiger partial charge is 0.273 e. The lowest BCUT2D eigenvalue weighted by molar-refractivity contribution is -0.384. The number of rotatable bonds is 2. The van der Waals surface area contributed by atoms with E-state index in [9.17, 15) is 10.1 Å². The van der Waals surface area contributed by atoms with E-state index < -0.39 is 4.92 Å². The van der Waals surface area contributed by atoms with Gasteiger partial charge in [-0.15, -0.1) is 0 Å². The molecule has 0 spiro atoms. The Labute approximate surface area is 67.7 Å². The number of nitro groups is 1. The highest BCUT2D eigenvalue weighted by molar-refractivity contribution is 5.59. The van der Waals surface area contributed by atoms with Crippen molar-refractivity contribution < 1.29 is 10.0 Å². The van der Waals surface area contributed by atoms with E-state index in [0.29, 0.717) is 0 Å². The minimum absolute atomic E-state index is 0.175. The van der Waals surface area contributed by atoms with Crippen LogP contribution in [-0.2, 0) is 0 Å². The van der Waals surface area contributed by atoms with E-state index in [2.05, 4.69) is 5.43 Å². The third kappa shape index (κ3) is 1.43. The molecule has 4 N–H and O–H groups in total. The molecule has 6 heteroatoms. The fraction of sp³-hybridized carbons (Fsp3) is 0. The molecular formula is C6H7N3O3. The molecule has 0 fully saturated rings. The zero-order chi connectivity index (χ0) is 9.14. The Kier molecular flexibility index (Phi) is 2.11. The van der Waals surface area contributed by atoms with Crippen LogP contribution >= 0.6 is 0 Å². The third-order valence-corrected chi connectivity index (χ3v) is 1.35. The van der Waals surface area contributed by atoms with Crippen LogP contribution < -0.4 is 11.3 Å². The van der Waals surface area contributed by atoms with Crippen molar-refractivity contribution in [3.05, 3.63) is 28.3 Å². The number of hydrogen-bond acceptors (Lipinski definition) is 5. The Morgan fingerprint density at radius 3 is 2.67 bits per heavy atom. The number of nitrogens with one attached hydrogen (secondary N) is 1. The van der Waals surface area contributed by atoms with Crippen LogP contribution in [0.2, 0.25) is 0 Å². The summed E-state index contributed by atoms with van der Waals surface area (Å²) in [6.45, 7) is 0. The Balaban J connectivity index is 3.10. The Morgan fingerprint density at radius 1 is 1.58 bits per heavy atom. The van der Waals surface area contributed by atoms with Gasteiger partial charge in [-0.3, -0.25) is 16.0 Å². The second-order valence-corrected chi connectivity index (χ2v) is 2.10. The number of benzene rings is 1. The van der Waals surface area contributed by atoms with Gasteiger partial charge in [-0.25, -0.2) is 0 Å². The predicted octanol–water partition coefficient (Wildman–Crippen LogP) is 0.586. The second-order valence-electron chi connectivity index (χ2n) is 2.10. The van der Waals surface area contributed by atoms with E-state index >= 15 is 0 Å². The number of hydrogen-bond donors (Lipinski definition) is 3. The van der Waals surface area contributed by atoms with Gasteiger partial charge in [-0.2, -0.15) is 0 Å². The minimum atomic E-state index is -0.597. The van der Waals surface area contributed by atoms with Crippen molar-refractivity contribution in [1.29, 1.82) is 0 Å². The molecular weight excluding hydrogens is 162 g/mol. The number of hydrazine groups is 1. The summed E-state index contributed by atoms with van der Waals surface area (Å²) in [5.74, 6) is 4.75. The number of nitrogens with two attached hydrogens (primary N) is 1. The molecule has 0 saturated carbocycles. The molecule has 0 atom stereocenters. The molecule has 0 aliphatic rings. The van der Waals surface area contributed by atoms with Gasteiger partial charge in [0, 0.05) is 6.07 Å². The van der Waals surface area contributed by atoms with Gasteiger partial charge in [-0.05, 0) is 6.07 Å². The third-order valence-electron chi connectivity index (χ3n) is 1.35. The van der Waals surface area contributed by atoms with E-state index in [1.54, 1.807) is 0 Å². The molecule has 1 aromatic carbocycles. The summed E-state index contributed by atoms with van der Waals surface area (Å²) >= 11 is 0. The normalized spacial score (nSPS) is 9.42. The highest BCUT2D eigenvalue weighted by Crippen LogP contribution is 2.26. The van der Waals surface area contributed by atoms with Gasteiger partial charge >= 0.3 is 0 Å². The Bertz CT molecular complexity index is 313. The topological polar surface area (TPSA) is 101 Å². The van der Waals surface area contributed by atoms with Crippen molar-refractivity contribution in [2.24, 2.45) is 5.84 Å². The van der Waals surface area contributed by atoms with E-state index in [1.807, 2.05) is 0 Å². The van der Waals surface area contributed by atoms with E-state index in [0.717, 1.165) is 6.07 Å². The van der Waals surface area contributed by atoms with Crippen molar-refractivity contribution >= 4 is 11.4 Å². The average molecular weight is 169 g/mol. The molecule has 0 heterocycles. The summed E-state index contributed by atoms with van der Waals surface area (Å²) < 4.78 is 0. The molecule has 1 aromatic rings. The number of nitrogen functional groups attached to an aromatic ring is 1. The van der Waals surface area contributed by atoms with Crippen LogP contribution in [0.25, 0.3) is 0 Å². The number of nitrogens with zero attached hydrogens (tertiary/aromatic N) is 1. The number of phenols is 1. The van der Waals surface area contributed by atoms with E-state index in [4.69, 9.17) is 10.9 Å². The van der Waals surface area contributed by atoms with Crippen LogP contribution in [0.3, 0.4) is 0 Å². The molecule has 0 unspecified atom stereocenters. The first-order valence-corrected chi connectivity index (χ1v) is 3.09. The van der Waals surface area contributed by atoms with Crippen LogP contribution in [0.1, 0.15) is 0 Å². The van der Waals surface area contributed by atoms with Crippen molar-refractivity contribution in [2.75, 3.05) is 5.43 Å². The van der Waals surface area contributed by atoms with Crippen LogP contribution in [0.5, 0.6) is 5.75 Å². The minimum Gasteiger partial charge on any atom is -0.505 e. The zero-order valence-electron chi connectivity index (χ0n) is 6.02. The summed E-state index contributed by atoms with van der Waals surface area (Å²) in [4.78, 5) is 9.60. The predicted molar refractivity (Wildman–Crippen MR) is 42.6 cm³/mol. The quantitative estimate of drug-likeness (QED) is 0.260. The molecule has 0 bridgehead atoms. The van der Waals surface area contributed by atoms with E-state index in [-0.39, 0.29) is 17.1 Å². The van der Waals surface area contributed by atoms with Crippen LogP contribution in [0.15, 0.2) is 18.2 Å². The van der Waals surface area contributed by atoms with Crippen molar-refractivity contribution in [2.45, 2.75) is 0 Å². The SMILES string of the molecule is NNc1ccc([N+](=O)[O-])cc1O. The lowest BCUT2D eigenvalue weighted by atomic mass is 10.2. The Morgan fingerprint density at radius 2 is 2.25 bits per heavy atom. The van der Waals surface area contributed by atoms with Crippen LogP contribution in [0.4, 0.5) is 11.4 Å². The molecule has 0 aliphatic heterocycles. The van der Waals surface area contributed by atoms with Crippen LogP contribution in [-0.4, -0.2) is 10.0 Å². The van der Waals surface area contributed by atoms with Gasteiger partial charge in [0.1, 0.15) is 5.75 Å². The molecule has 12 heavy (non-hydrogen) atoms. The molecule has 0 amide bonds. The molecule has 1 rings (SSSR count). The van der Waals surface area contributed by atoms with Gasteiger partial charge in [-0.1, -0.05) is 0 Å². The molecule has 0 saturated heterocycles. The average Bonchev–Trinajstić information content (AvgIpc) is 2.04. The lowest BCUT2D eigenvalue weighted by Gasteiger charge is -2.01. The number of phenolic OH excluding ortho intramolecular Hbond substituents is 1. The molecule has 6 nitrogen and oxygen atoms in total. The number of aromatic hydroxyl groups is 1. The molecule has 0 aromatic heterocycles. The Hall–Kier alpha value is -1.82. The van der Waals surface area contributed by atoms with E-state index in [1.165, 1.54) is 12.1 Å². The number of nitro benzene ring substituents is 1. The summed E-state index contributed by atoms with van der Waals surface area (Å²) in [7, 11) is 0. The monoisotopic (exact) mass is 169 g/mol. The van der Waals surface area contributed by atoms with Crippen molar-refractivity contribution in [3.8, 4) is 5.75 Å². The standard InChI is InChI=1S/C6H7N3O3/c7-8-5-2-1-4(9(11)12)3-6(5)10/h1-3,8,10H,7H2. The summed E-state index contributed by atoms with van der Waals surface area (Å²) in [6.07, 6.45) is 0. The summed E-state index contributed by atoms with van der Waals surface area (Å²) in [5.41, 5.74) is 2.26. The fourth-order valence-corrected chi connectivity index (χ4v) is 0.756. The first kappa shape index (κ1) is 8.28. The van der Waals surface area contributed by atoms with Gasteiger partial charge in [0.15, 0.2) is 0 Å². The highest BCUT2D eigenvalue weighted by Gasteiger charge is 2.08. The first-order chi connectivity index (χ1) is 5.65. The number of anilines is 1.